The van der Waals surface area contributed by atoms with Gasteiger partial charge in [0.25, 0.3) is 0 Å². The van der Waals surface area contributed by atoms with Crippen LogP contribution in [-0.4, -0.2) is 42.0 Å². The number of hydrogen-bond acceptors (Lipinski definition) is 4. The summed E-state index contributed by atoms with van der Waals surface area (Å²) in [5.41, 5.74) is 1.80. The first-order valence-electron chi connectivity index (χ1n) is 11.8. The van der Waals surface area contributed by atoms with Gasteiger partial charge in [0.1, 0.15) is 19.3 Å². The summed E-state index contributed by atoms with van der Waals surface area (Å²) in [7, 11) is 0. The minimum absolute atomic E-state index is 0.102. The molecule has 0 bridgehead atoms. The van der Waals surface area contributed by atoms with Crippen molar-refractivity contribution < 1.29 is 19.1 Å². The maximum absolute atomic E-state index is 13.4. The summed E-state index contributed by atoms with van der Waals surface area (Å²) in [5.74, 6) is 1.20. The summed E-state index contributed by atoms with van der Waals surface area (Å²) < 4.78 is 11.2. The van der Waals surface area contributed by atoms with Crippen LogP contribution in [0.15, 0.2) is 36.4 Å². The molecule has 1 heterocycles. The van der Waals surface area contributed by atoms with E-state index >= 15 is 0 Å². The zero-order valence-corrected chi connectivity index (χ0v) is 20.8. The molecular formula is C26H30Cl2N2O4. The minimum atomic E-state index is -0.609. The third kappa shape index (κ3) is 6.16. The van der Waals surface area contributed by atoms with Crippen LogP contribution in [0.5, 0.6) is 11.5 Å². The van der Waals surface area contributed by atoms with E-state index in [2.05, 4.69) is 5.32 Å². The second-order valence-corrected chi connectivity index (χ2v) is 9.73. The summed E-state index contributed by atoms with van der Waals surface area (Å²) in [6.07, 6.45) is 5.03. The molecular weight excluding hydrogens is 475 g/mol. The number of rotatable bonds is 8. The van der Waals surface area contributed by atoms with Crippen molar-refractivity contribution in [1.82, 2.24) is 10.2 Å². The molecule has 1 atom stereocenters. The molecule has 0 aromatic heterocycles. The average Bonchev–Trinajstić information content (AvgIpc) is 3.35. The van der Waals surface area contributed by atoms with Gasteiger partial charge in [0, 0.05) is 19.0 Å². The molecule has 0 radical (unpaired) electrons. The van der Waals surface area contributed by atoms with Crippen molar-refractivity contribution in [1.29, 1.82) is 0 Å². The fourth-order valence-corrected chi connectivity index (χ4v) is 4.77. The number of nitrogens with one attached hydrogen (secondary N) is 1. The predicted molar refractivity (Wildman–Crippen MR) is 133 cm³/mol. The van der Waals surface area contributed by atoms with E-state index < -0.39 is 6.04 Å². The first-order chi connectivity index (χ1) is 16.4. The lowest BCUT2D eigenvalue weighted by Gasteiger charge is -2.30. The summed E-state index contributed by atoms with van der Waals surface area (Å²) in [4.78, 5) is 28.0. The van der Waals surface area contributed by atoms with Crippen molar-refractivity contribution in [2.24, 2.45) is 0 Å². The van der Waals surface area contributed by atoms with Crippen LogP contribution >= 0.6 is 23.2 Å². The monoisotopic (exact) mass is 504 g/mol. The predicted octanol–water partition coefficient (Wildman–Crippen LogP) is 5.17. The van der Waals surface area contributed by atoms with Gasteiger partial charge in [-0.15, -0.1) is 0 Å². The van der Waals surface area contributed by atoms with Crippen molar-refractivity contribution in [2.75, 3.05) is 13.2 Å². The normalized spacial score (nSPS) is 16.2. The zero-order valence-electron chi connectivity index (χ0n) is 19.3. The van der Waals surface area contributed by atoms with Gasteiger partial charge >= 0.3 is 0 Å². The Kier molecular flexibility index (Phi) is 8.22. The van der Waals surface area contributed by atoms with Crippen molar-refractivity contribution in [3.8, 4) is 11.5 Å². The molecule has 1 N–H and O–H groups in total. The maximum Gasteiger partial charge on any atom is 0.242 e. The van der Waals surface area contributed by atoms with Crippen LogP contribution in [0, 0.1) is 0 Å². The number of ether oxygens (including phenoxy) is 2. The molecule has 6 nitrogen and oxygen atoms in total. The molecule has 4 rings (SSSR count). The van der Waals surface area contributed by atoms with Crippen molar-refractivity contribution in [2.45, 2.75) is 64.1 Å². The van der Waals surface area contributed by atoms with E-state index in [4.69, 9.17) is 32.7 Å². The second-order valence-electron chi connectivity index (χ2n) is 8.91. The van der Waals surface area contributed by atoms with E-state index in [1.165, 1.54) is 0 Å². The zero-order chi connectivity index (χ0) is 24.1. The van der Waals surface area contributed by atoms with Crippen LogP contribution in [0.4, 0.5) is 0 Å². The fourth-order valence-electron chi connectivity index (χ4n) is 4.45. The summed E-state index contributed by atoms with van der Waals surface area (Å²) in [6, 6.07) is 10.6. The van der Waals surface area contributed by atoms with E-state index in [0.29, 0.717) is 35.4 Å². The van der Waals surface area contributed by atoms with Gasteiger partial charge in [-0.05, 0) is 61.6 Å². The molecule has 2 aliphatic rings. The van der Waals surface area contributed by atoms with Crippen LogP contribution in [0.3, 0.4) is 0 Å². The molecule has 8 heteroatoms. The van der Waals surface area contributed by atoms with E-state index in [-0.39, 0.29) is 30.8 Å². The molecule has 182 valence electrons. The Bertz CT molecular complexity index is 1040. The van der Waals surface area contributed by atoms with Gasteiger partial charge in [0.15, 0.2) is 11.5 Å². The summed E-state index contributed by atoms with van der Waals surface area (Å²) in [6.45, 7) is 3.11. The number of carbonyl (C=O) groups is 2. The van der Waals surface area contributed by atoms with Gasteiger partial charge in [-0.1, -0.05) is 48.2 Å². The van der Waals surface area contributed by atoms with Crippen LogP contribution in [-0.2, 0) is 22.6 Å². The SMILES string of the molecule is C[C@H](C(=O)NC1CCCC1)N(Cc1ccc(Cl)c(Cl)c1)C(=O)CCc1ccc2c(c1)OCCO2. The molecule has 1 aliphatic heterocycles. The first-order valence-corrected chi connectivity index (χ1v) is 12.6. The number of aryl methyl sites for hydroxylation is 1. The Balaban J connectivity index is 1.46. The van der Waals surface area contributed by atoms with Gasteiger partial charge in [0.2, 0.25) is 11.8 Å². The van der Waals surface area contributed by atoms with Crippen LogP contribution in [0.1, 0.15) is 50.2 Å². The van der Waals surface area contributed by atoms with Crippen LogP contribution < -0.4 is 14.8 Å². The first kappa shape index (κ1) is 24.7. The molecule has 34 heavy (non-hydrogen) atoms. The van der Waals surface area contributed by atoms with E-state index in [1.807, 2.05) is 24.3 Å². The number of halogens is 2. The third-order valence-electron chi connectivity index (χ3n) is 6.44. The molecule has 0 saturated heterocycles. The standard InChI is InChI=1S/C26H30Cl2N2O4/c1-17(26(32)29-20-4-2-3-5-20)30(16-19-6-9-21(27)22(28)14-19)25(31)11-8-18-7-10-23-24(15-18)34-13-12-33-23/h6-7,9-10,14-15,17,20H,2-5,8,11-13,16H2,1H3,(H,29,32)/t17-/m1/s1. The smallest absolute Gasteiger partial charge is 0.242 e. The Morgan fingerprint density at radius 1 is 1.00 bits per heavy atom. The largest absolute Gasteiger partial charge is 0.486 e. The van der Waals surface area contributed by atoms with E-state index in [0.717, 1.165) is 42.6 Å². The molecule has 2 aromatic carbocycles. The molecule has 0 spiro atoms. The highest BCUT2D eigenvalue weighted by Crippen LogP contribution is 2.31. The highest BCUT2D eigenvalue weighted by molar-refractivity contribution is 6.42. The number of nitrogens with zero attached hydrogens (tertiary/aromatic N) is 1. The number of fused-ring (bicyclic) bond motifs is 1. The Morgan fingerprint density at radius 3 is 2.44 bits per heavy atom. The van der Waals surface area contributed by atoms with E-state index in [9.17, 15) is 9.59 Å². The maximum atomic E-state index is 13.4. The number of hydrogen-bond donors (Lipinski definition) is 1. The molecule has 1 saturated carbocycles. The average molecular weight is 505 g/mol. The van der Waals surface area contributed by atoms with Gasteiger partial charge < -0.3 is 19.7 Å². The van der Waals surface area contributed by atoms with Gasteiger partial charge in [0.05, 0.1) is 10.0 Å². The quantitative estimate of drug-likeness (QED) is 0.538. The van der Waals surface area contributed by atoms with Gasteiger partial charge in [-0.3, -0.25) is 9.59 Å². The lowest BCUT2D eigenvalue weighted by molar-refractivity contribution is -0.140. The van der Waals surface area contributed by atoms with Crippen LogP contribution in [0.25, 0.3) is 0 Å². The number of carbonyl (C=O) groups excluding carboxylic acids is 2. The lowest BCUT2D eigenvalue weighted by atomic mass is 10.1. The topological polar surface area (TPSA) is 67.9 Å². The van der Waals surface area contributed by atoms with Crippen molar-refractivity contribution >= 4 is 35.0 Å². The molecule has 0 unspecified atom stereocenters. The highest BCUT2D eigenvalue weighted by Gasteiger charge is 2.28. The fraction of sp³-hybridized carbons (Fsp3) is 0.462. The van der Waals surface area contributed by atoms with Crippen LogP contribution in [0.2, 0.25) is 10.0 Å². The number of benzene rings is 2. The highest BCUT2D eigenvalue weighted by atomic mass is 35.5. The van der Waals surface area contributed by atoms with Gasteiger partial charge in [-0.2, -0.15) is 0 Å². The minimum Gasteiger partial charge on any atom is -0.486 e. The Morgan fingerprint density at radius 2 is 1.71 bits per heavy atom. The van der Waals surface area contributed by atoms with Crippen molar-refractivity contribution in [3.63, 3.8) is 0 Å². The summed E-state index contributed by atoms with van der Waals surface area (Å²) in [5, 5.41) is 3.99. The summed E-state index contributed by atoms with van der Waals surface area (Å²) >= 11 is 12.3. The van der Waals surface area contributed by atoms with Crippen molar-refractivity contribution in [3.05, 3.63) is 57.6 Å². The third-order valence-corrected chi connectivity index (χ3v) is 7.18. The Hall–Kier alpha value is -2.44. The molecule has 1 fully saturated rings. The molecule has 2 amide bonds. The number of amides is 2. The van der Waals surface area contributed by atoms with Gasteiger partial charge in [-0.25, -0.2) is 0 Å². The molecule has 1 aliphatic carbocycles. The van der Waals surface area contributed by atoms with E-state index in [1.54, 1.807) is 24.0 Å². The second kappa shape index (κ2) is 11.3. The molecule has 2 aromatic rings. The lowest BCUT2D eigenvalue weighted by Crippen LogP contribution is -2.49. The Labute approximate surface area is 210 Å².